The van der Waals surface area contributed by atoms with E-state index in [1.165, 1.54) is 6.07 Å². The highest BCUT2D eigenvalue weighted by Gasteiger charge is 2.18. The first-order valence-electron chi connectivity index (χ1n) is 3.50. The van der Waals surface area contributed by atoms with Crippen molar-refractivity contribution in [3.05, 3.63) is 33.2 Å². The van der Waals surface area contributed by atoms with Gasteiger partial charge in [-0.3, -0.25) is 9.59 Å². The van der Waals surface area contributed by atoms with Crippen LogP contribution in [-0.2, 0) is 0 Å². The number of aromatic amines is 1. The van der Waals surface area contributed by atoms with Crippen LogP contribution in [0.5, 0.6) is 0 Å². The van der Waals surface area contributed by atoms with E-state index in [1.54, 1.807) is 0 Å². The Morgan fingerprint density at radius 2 is 2.21 bits per heavy atom. The molecular weight excluding hydrogens is 194 g/mol. The molecule has 1 N–H and O–H groups in total. The summed E-state index contributed by atoms with van der Waals surface area (Å²) in [6, 6.07) is 2.16. The average molecular weight is 198 g/mol. The van der Waals surface area contributed by atoms with Crippen molar-refractivity contribution in [2.75, 3.05) is 0 Å². The molecule has 0 saturated carbocycles. The largest absolute Gasteiger partial charge is 0.319 e. The van der Waals surface area contributed by atoms with Crippen molar-refractivity contribution in [3.63, 3.8) is 0 Å². The van der Waals surface area contributed by atoms with Gasteiger partial charge in [0.05, 0.1) is 22.9 Å². The van der Waals surface area contributed by atoms with Crippen molar-refractivity contribution in [3.8, 4) is 6.07 Å². The molecule has 14 heavy (non-hydrogen) atoms. The quantitative estimate of drug-likeness (QED) is 0.720. The van der Waals surface area contributed by atoms with Gasteiger partial charge in [-0.05, 0) is 0 Å². The van der Waals surface area contributed by atoms with E-state index in [2.05, 4.69) is 0 Å². The number of nitrogens with zero attached hydrogens (tertiary/aromatic N) is 1. The first kappa shape index (κ1) is 10.1. The van der Waals surface area contributed by atoms with Gasteiger partial charge < -0.3 is 4.98 Å². The van der Waals surface area contributed by atoms with Crippen LogP contribution in [-0.4, -0.2) is 11.3 Å². The Morgan fingerprint density at radius 1 is 1.57 bits per heavy atom. The Hall–Kier alpha value is -2.03. The minimum Gasteiger partial charge on any atom is -0.319 e. The Kier molecular flexibility index (Phi) is 2.72. The molecule has 6 heteroatoms. The van der Waals surface area contributed by atoms with E-state index in [1.807, 2.05) is 4.98 Å². The molecular formula is C8H4F2N2O2. The topological polar surface area (TPSA) is 73.7 Å². The predicted octanol–water partition coefficient (Wildman–Crippen LogP) is 0.997. The number of aromatic nitrogens is 1. The molecule has 1 aromatic rings. The van der Waals surface area contributed by atoms with Crippen LogP contribution in [0.4, 0.5) is 8.78 Å². The van der Waals surface area contributed by atoms with Gasteiger partial charge in [0, 0.05) is 6.07 Å². The van der Waals surface area contributed by atoms with E-state index in [0.29, 0.717) is 0 Å². The second-order valence-electron chi connectivity index (χ2n) is 2.40. The van der Waals surface area contributed by atoms with Gasteiger partial charge in [-0.15, -0.1) is 0 Å². The number of carbonyl (C=O) groups excluding carboxylic acids is 1. The third-order valence-corrected chi connectivity index (χ3v) is 1.57. The van der Waals surface area contributed by atoms with Crippen molar-refractivity contribution >= 4 is 6.29 Å². The van der Waals surface area contributed by atoms with Crippen LogP contribution >= 0.6 is 0 Å². The first-order valence-corrected chi connectivity index (χ1v) is 3.50. The molecule has 0 aliphatic heterocycles. The molecule has 0 fully saturated rings. The molecule has 0 spiro atoms. The summed E-state index contributed by atoms with van der Waals surface area (Å²) in [6.07, 6.45) is -2.88. The number of rotatable bonds is 2. The van der Waals surface area contributed by atoms with Crippen LogP contribution < -0.4 is 5.56 Å². The SMILES string of the molecule is N#Cc1cc(=O)[nH]c(C=O)c1C(F)F. The lowest BCUT2D eigenvalue weighted by molar-refractivity contribution is 0.110. The normalized spacial score (nSPS) is 9.86. The van der Waals surface area contributed by atoms with Crippen LogP contribution in [0.15, 0.2) is 10.9 Å². The second-order valence-corrected chi connectivity index (χ2v) is 2.40. The number of halogens is 2. The van der Waals surface area contributed by atoms with Crippen molar-refractivity contribution in [1.29, 1.82) is 5.26 Å². The molecule has 1 aromatic heterocycles. The first-order chi connectivity index (χ1) is 6.60. The Labute approximate surface area is 76.8 Å². The Bertz CT molecular complexity index is 459. The number of pyridine rings is 1. The van der Waals surface area contributed by atoms with Crippen LogP contribution in [0.1, 0.15) is 28.0 Å². The van der Waals surface area contributed by atoms with Gasteiger partial charge in [0.15, 0.2) is 6.29 Å². The number of hydrogen-bond acceptors (Lipinski definition) is 3. The molecule has 0 unspecified atom stereocenters. The lowest BCUT2D eigenvalue weighted by atomic mass is 10.1. The fraction of sp³-hybridized carbons (Fsp3) is 0.125. The third kappa shape index (κ3) is 1.66. The third-order valence-electron chi connectivity index (χ3n) is 1.57. The van der Waals surface area contributed by atoms with Crippen LogP contribution in [0.2, 0.25) is 0 Å². The summed E-state index contributed by atoms with van der Waals surface area (Å²) in [6.45, 7) is 0. The molecule has 0 aromatic carbocycles. The average Bonchev–Trinajstić information content (AvgIpc) is 2.15. The van der Waals surface area contributed by atoms with Gasteiger partial charge in [0.1, 0.15) is 0 Å². The lowest BCUT2D eigenvalue weighted by Gasteiger charge is -2.04. The van der Waals surface area contributed by atoms with E-state index in [4.69, 9.17) is 5.26 Å². The maximum absolute atomic E-state index is 12.4. The zero-order chi connectivity index (χ0) is 10.7. The minimum atomic E-state index is -2.97. The molecule has 0 saturated heterocycles. The molecule has 72 valence electrons. The van der Waals surface area contributed by atoms with E-state index < -0.39 is 28.8 Å². The maximum Gasteiger partial charge on any atom is 0.267 e. The van der Waals surface area contributed by atoms with Gasteiger partial charge in [-0.25, -0.2) is 8.78 Å². The summed E-state index contributed by atoms with van der Waals surface area (Å²) in [5.41, 5.74) is -2.52. The molecule has 0 bridgehead atoms. The summed E-state index contributed by atoms with van der Waals surface area (Å²) in [5.74, 6) is 0. The molecule has 1 rings (SSSR count). The molecule has 0 atom stereocenters. The summed E-state index contributed by atoms with van der Waals surface area (Å²) in [7, 11) is 0. The summed E-state index contributed by atoms with van der Waals surface area (Å²) in [5, 5.41) is 8.46. The maximum atomic E-state index is 12.4. The highest BCUT2D eigenvalue weighted by molar-refractivity contribution is 5.75. The number of carbonyl (C=O) groups is 1. The van der Waals surface area contributed by atoms with Gasteiger partial charge in [-0.2, -0.15) is 5.26 Å². The number of alkyl halides is 2. The van der Waals surface area contributed by atoms with Gasteiger partial charge in [-0.1, -0.05) is 0 Å². The van der Waals surface area contributed by atoms with Crippen LogP contribution in [0, 0.1) is 11.3 Å². The zero-order valence-electron chi connectivity index (χ0n) is 6.75. The van der Waals surface area contributed by atoms with Crippen molar-refractivity contribution in [2.24, 2.45) is 0 Å². The lowest BCUT2D eigenvalue weighted by Crippen LogP contribution is -2.13. The van der Waals surface area contributed by atoms with E-state index in [0.717, 1.165) is 6.07 Å². The van der Waals surface area contributed by atoms with Crippen molar-refractivity contribution in [2.45, 2.75) is 6.43 Å². The Morgan fingerprint density at radius 3 is 2.64 bits per heavy atom. The monoisotopic (exact) mass is 198 g/mol. The number of H-pyrrole nitrogens is 1. The fourth-order valence-corrected chi connectivity index (χ4v) is 1.01. The van der Waals surface area contributed by atoms with Crippen LogP contribution in [0.25, 0.3) is 0 Å². The van der Waals surface area contributed by atoms with Gasteiger partial charge in [0.25, 0.3) is 6.43 Å². The van der Waals surface area contributed by atoms with Crippen molar-refractivity contribution < 1.29 is 13.6 Å². The molecule has 4 nitrogen and oxygen atoms in total. The predicted molar refractivity (Wildman–Crippen MR) is 42.1 cm³/mol. The molecule has 1 heterocycles. The summed E-state index contributed by atoms with van der Waals surface area (Å²) in [4.78, 5) is 23.1. The minimum absolute atomic E-state index is 0.0870. The molecule has 0 aliphatic rings. The highest BCUT2D eigenvalue weighted by Crippen LogP contribution is 2.22. The number of aldehydes is 1. The van der Waals surface area contributed by atoms with E-state index in [-0.39, 0.29) is 6.29 Å². The number of hydrogen-bond donors (Lipinski definition) is 1. The number of nitrogens with one attached hydrogen (secondary N) is 1. The number of nitriles is 1. The molecule has 0 radical (unpaired) electrons. The van der Waals surface area contributed by atoms with Gasteiger partial charge in [0.2, 0.25) is 5.56 Å². The van der Waals surface area contributed by atoms with Crippen LogP contribution in [0.3, 0.4) is 0 Å². The fourth-order valence-electron chi connectivity index (χ4n) is 1.01. The highest BCUT2D eigenvalue weighted by atomic mass is 19.3. The molecule has 0 amide bonds. The smallest absolute Gasteiger partial charge is 0.267 e. The van der Waals surface area contributed by atoms with E-state index >= 15 is 0 Å². The van der Waals surface area contributed by atoms with E-state index in [9.17, 15) is 18.4 Å². The van der Waals surface area contributed by atoms with Crippen molar-refractivity contribution in [1.82, 2.24) is 4.98 Å². The Balaban J connectivity index is 3.59. The molecule has 0 aliphatic carbocycles. The zero-order valence-corrected chi connectivity index (χ0v) is 6.75. The van der Waals surface area contributed by atoms with Gasteiger partial charge >= 0.3 is 0 Å². The summed E-state index contributed by atoms with van der Waals surface area (Å²) < 4.78 is 24.7. The standard InChI is InChI=1S/C8H4F2N2O2/c9-8(10)7-4(2-11)1-6(14)12-5(7)3-13/h1,3,8H,(H,12,14). The summed E-state index contributed by atoms with van der Waals surface area (Å²) >= 11 is 0. The second kappa shape index (κ2) is 3.79.